The highest BCUT2D eigenvalue weighted by Gasteiger charge is 2.05. The van der Waals surface area contributed by atoms with Crippen LogP contribution in [0.2, 0.25) is 0 Å². The standard InChI is InChI=1S/C11H13N7/c1-2-18-6-8(4-16-18)3-12-10-9-5-15-17-11(9)14-7-13-10/h4-7H,2-3H2,1H3,(H2,12,13,14,15,17). The maximum atomic E-state index is 4.22. The second-order valence-corrected chi connectivity index (χ2v) is 3.91. The Morgan fingerprint density at radius 3 is 3.11 bits per heavy atom. The molecular weight excluding hydrogens is 230 g/mol. The maximum absolute atomic E-state index is 4.22. The number of aromatic amines is 1. The first-order valence-corrected chi connectivity index (χ1v) is 5.76. The van der Waals surface area contributed by atoms with Gasteiger partial charge in [-0.15, -0.1) is 0 Å². The van der Waals surface area contributed by atoms with E-state index in [1.165, 1.54) is 6.33 Å². The van der Waals surface area contributed by atoms with Gasteiger partial charge in [0.05, 0.1) is 17.8 Å². The third kappa shape index (κ3) is 1.90. The van der Waals surface area contributed by atoms with Gasteiger partial charge in [-0.05, 0) is 6.92 Å². The maximum Gasteiger partial charge on any atom is 0.160 e. The number of aromatic nitrogens is 6. The van der Waals surface area contributed by atoms with Crippen LogP contribution >= 0.6 is 0 Å². The lowest BCUT2D eigenvalue weighted by Gasteiger charge is -2.03. The van der Waals surface area contributed by atoms with E-state index in [0.717, 1.165) is 29.0 Å². The van der Waals surface area contributed by atoms with Gasteiger partial charge in [0.2, 0.25) is 0 Å². The summed E-state index contributed by atoms with van der Waals surface area (Å²) in [5, 5.41) is 15.1. The number of hydrogen-bond donors (Lipinski definition) is 2. The lowest BCUT2D eigenvalue weighted by molar-refractivity contribution is 0.659. The van der Waals surface area contributed by atoms with Crippen molar-refractivity contribution < 1.29 is 0 Å². The number of H-pyrrole nitrogens is 1. The second kappa shape index (κ2) is 4.44. The van der Waals surface area contributed by atoms with Crippen LogP contribution in [0.4, 0.5) is 5.82 Å². The molecule has 0 saturated heterocycles. The van der Waals surface area contributed by atoms with Crippen molar-refractivity contribution >= 4 is 16.9 Å². The van der Waals surface area contributed by atoms with E-state index in [4.69, 9.17) is 0 Å². The Hall–Kier alpha value is -2.44. The molecule has 0 saturated carbocycles. The molecule has 0 aliphatic rings. The van der Waals surface area contributed by atoms with Gasteiger partial charge in [-0.1, -0.05) is 0 Å². The fourth-order valence-electron chi connectivity index (χ4n) is 1.76. The van der Waals surface area contributed by atoms with Crippen molar-refractivity contribution in [3.8, 4) is 0 Å². The monoisotopic (exact) mass is 243 g/mol. The predicted molar refractivity (Wildman–Crippen MR) is 66.9 cm³/mol. The molecule has 0 amide bonds. The summed E-state index contributed by atoms with van der Waals surface area (Å²) in [7, 11) is 0. The van der Waals surface area contributed by atoms with Gasteiger partial charge in [0.1, 0.15) is 12.1 Å². The van der Waals surface area contributed by atoms with Gasteiger partial charge in [0.15, 0.2) is 5.65 Å². The molecule has 92 valence electrons. The Morgan fingerprint density at radius 1 is 1.33 bits per heavy atom. The van der Waals surface area contributed by atoms with Crippen LogP contribution in [0.3, 0.4) is 0 Å². The van der Waals surface area contributed by atoms with E-state index in [-0.39, 0.29) is 0 Å². The van der Waals surface area contributed by atoms with Crippen LogP contribution < -0.4 is 5.32 Å². The summed E-state index contributed by atoms with van der Waals surface area (Å²) in [6.45, 7) is 3.61. The number of aryl methyl sites for hydroxylation is 1. The SMILES string of the molecule is CCn1cc(CNc2ncnc3[nH]ncc23)cn1. The molecule has 3 aromatic rings. The fraction of sp³-hybridized carbons (Fsp3) is 0.273. The molecule has 0 atom stereocenters. The normalized spacial score (nSPS) is 10.9. The number of nitrogens with zero attached hydrogens (tertiary/aromatic N) is 5. The first-order valence-electron chi connectivity index (χ1n) is 5.76. The van der Waals surface area contributed by atoms with Crippen LogP contribution in [0.5, 0.6) is 0 Å². The fourth-order valence-corrected chi connectivity index (χ4v) is 1.76. The second-order valence-electron chi connectivity index (χ2n) is 3.91. The topological polar surface area (TPSA) is 84.3 Å². The van der Waals surface area contributed by atoms with Crippen molar-refractivity contribution in [2.75, 3.05) is 5.32 Å². The molecule has 0 spiro atoms. The van der Waals surface area contributed by atoms with E-state index in [1.807, 2.05) is 17.1 Å². The molecule has 0 aromatic carbocycles. The van der Waals surface area contributed by atoms with Crippen molar-refractivity contribution in [1.82, 2.24) is 29.9 Å². The minimum Gasteiger partial charge on any atom is -0.365 e. The molecule has 3 heterocycles. The van der Waals surface area contributed by atoms with Gasteiger partial charge in [-0.3, -0.25) is 9.78 Å². The molecule has 7 nitrogen and oxygen atoms in total. The molecule has 0 aliphatic heterocycles. The average molecular weight is 243 g/mol. The van der Waals surface area contributed by atoms with Crippen LogP contribution in [0.15, 0.2) is 24.9 Å². The van der Waals surface area contributed by atoms with E-state index in [9.17, 15) is 0 Å². The minimum atomic E-state index is 0.678. The lowest BCUT2D eigenvalue weighted by atomic mass is 10.3. The zero-order chi connectivity index (χ0) is 12.4. The van der Waals surface area contributed by atoms with Gasteiger partial charge in [0, 0.05) is 24.8 Å². The molecule has 7 heteroatoms. The number of nitrogens with one attached hydrogen (secondary N) is 2. The van der Waals surface area contributed by atoms with Gasteiger partial charge >= 0.3 is 0 Å². The van der Waals surface area contributed by atoms with Crippen LogP contribution in [-0.4, -0.2) is 29.9 Å². The Bertz CT molecular complexity index is 654. The molecule has 18 heavy (non-hydrogen) atoms. The summed E-state index contributed by atoms with van der Waals surface area (Å²) < 4.78 is 1.89. The zero-order valence-corrected chi connectivity index (χ0v) is 9.96. The Balaban J connectivity index is 1.78. The predicted octanol–water partition coefficient (Wildman–Crippen LogP) is 1.18. The van der Waals surface area contributed by atoms with Gasteiger partial charge < -0.3 is 5.32 Å². The highest BCUT2D eigenvalue weighted by atomic mass is 15.3. The van der Waals surface area contributed by atoms with Crippen molar-refractivity contribution in [2.45, 2.75) is 20.0 Å². The molecule has 0 aliphatic carbocycles. The summed E-state index contributed by atoms with van der Waals surface area (Å²) in [6.07, 6.45) is 7.09. The minimum absolute atomic E-state index is 0.678. The smallest absolute Gasteiger partial charge is 0.160 e. The van der Waals surface area contributed by atoms with Crippen LogP contribution in [-0.2, 0) is 13.1 Å². The summed E-state index contributed by atoms with van der Waals surface area (Å²) >= 11 is 0. The van der Waals surface area contributed by atoms with Gasteiger partial charge in [0.25, 0.3) is 0 Å². The van der Waals surface area contributed by atoms with Crippen LogP contribution in [0.1, 0.15) is 12.5 Å². The van der Waals surface area contributed by atoms with Gasteiger partial charge in [-0.25, -0.2) is 9.97 Å². The number of hydrogen-bond acceptors (Lipinski definition) is 5. The molecular formula is C11H13N7. The summed E-state index contributed by atoms with van der Waals surface area (Å²) in [4.78, 5) is 8.30. The van der Waals surface area contributed by atoms with E-state index >= 15 is 0 Å². The summed E-state index contributed by atoms with van der Waals surface area (Å²) in [5.41, 5.74) is 1.85. The highest BCUT2D eigenvalue weighted by Crippen LogP contribution is 2.16. The molecule has 3 rings (SSSR count). The first kappa shape index (κ1) is 10.7. The van der Waals surface area contributed by atoms with Crippen molar-refractivity contribution in [1.29, 1.82) is 0 Å². The number of anilines is 1. The first-order chi connectivity index (χ1) is 8.86. The molecule has 0 bridgehead atoms. The molecule has 0 unspecified atom stereocenters. The van der Waals surface area contributed by atoms with E-state index in [1.54, 1.807) is 6.20 Å². The summed E-state index contributed by atoms with van der Waals surface area (Å²) in [6, 6.07) is 0. The van der Waals surface area contributed by atoms with E-state index in [0.29, 0.717) is 6.54 Å². The third-order valence-corrected chi connectivity index (χ3v) is 2.72. The molecule has 3 aromatic heterocycles. The Morgan fingerprint density at radius 2 is 2.28 bits per heavy atom. The molecule has 0 fully saturated rings. The van der Waals surface area contributed by atoms with Crippen molar-refractivity contribution in [2.24, 2.45) is 0 Å². The highest BCUT2D eigenvalue weighted by molar-refractivity contribution is 5.85. The van der Waals surface area contributed by atoms with Crippen molar-refractivity contribution in [3.05, 3.63) is 30.5 Å². The van der Waals surface area contributed by atoms with Crippen LogP contribution in [0, 0.1) is 0 Å². The largest absolute Gasteiger partial charge is 0.365 e. The van der Waals surface area contributed by atoms with E-state index in [2.05, 4.69) is 37.5 Å². The van der Waals surface area contributed by atoms with Crippen molar-refractivity contribution in [3.63, 3.8) is 0 Å². The Labute approximate surface area is 103 Å². The average Bonchev–Trinajstić information content (AvgIpc) is 3.05. The Kier molecular flexibility index (Phi) is 2.64. The molecule has 2 N–H and O–H groups in total. The summed E-state index contributed by atoms with van der Waals surface area (Å²) in [5.74, 6) is 0.776. The lowest BCUT2D eigenvalue weighted by Crippen LogP contribution is -2.01. The quantitative estimate of drug-likeness (QED) is 0.718. The van der Waals surface area contributed by atoms with Crippen LogP contribution in [0.25, 0.3) is 11.0 Å². The van der Waals surface area contributed by atoms with E-state index < -0.39 is 0 Å². The zero-order valence-electron chi connectivity index (χ0n) is 9.96. The van der Waals surface area contributed by atoms with Gasteiger partial charge in [-0.2, -0.15) is 10.2 Å². The number of fused-ring (bicyclic) bond motifs is 1. The third-order valence-electron chi connectivity index (χ3n) is 2.72. The molecule has 0 radical (unpaired) electrons. The number of rotatable bonds is 4.